The first-order chi connectivity index (χ1) is 10.3. The van der Waals surface area contributed by atoms with Crippen LogP contribution in [-0.2, 0) is 12.3 Å². The van der Waals surface area contributed by atoms with Crippen LogP contribution in [0.4, 0.5) is 0 Å². The maximum atomic E-state index is 5.08. The molecule has 0 aromatic carbocycles. The molecule has 0 radical (unpaired) electrons. The third-order valence-corrected chi connectivity index (χ3v) is 4.82. The highest BCUT2D eigenvalue weighted by Gasteiger charge is 2.10. The van der Waals surface area contributed by atoms with Gasteiger partial charge in [-0.05, 0) is 13.0 Å². The summed E-state index contributed by atoms with van der Waals surface area (Å²) in [4.78, 5) is 4.61. The smallest absolute Gasteiger partial charge is 0.191 e. The Kier molecular flexibility index (Phi) is 4.21. The summed E-state index contributed by atoms with van der Waals surface area (Å²) in [6.07, 6.45) is 5.21. The summed E-state index contributed by atoms with van der Waals surface area (Å²) in [7, 11) is 0. The Hall–Kier alpha value is -1.86. The predicted octanol–water partition coefficient (Wildman–Crippen LogP) is 3.78. The van der Waals surface area contributed by atoms with Crippen LogP contribution >= 0.6 is 23.1 Å². The van der Waals surface area contributed by atoms with Crippen molar-refractivity contribution in [2.45, 2.75) is 24.4 Å². The van der Waals surface area contributed by atoms with Gasteiger partial charge < -0.3 is 8.98 Å². The Morgan fingerprint density at radius 1 is 1.48 bits per heavy atom. The fourth-order valence-corrected chi connectivity index (χ4v) is 3.64. The average Bonchev–Trinajstić information content (AvgIpc) is 3.19. The summed E-state index contributed by atoms with van der Waals surface area (Å²) in [5, 5.41) is 12.2. The first-order valence-corrected chi connectivity index (χ1v) is 8.25. The van der Waals surface area contributed by atoms with Gasteiger partial charge in [0.1, 0.15) is 17.1 Å². The van der Waals surface area contributed by atoms with E-state index in [0.29, 0.717) is 0 Å². The number of thioether (sulfide) groups is 1. The van der Waals surface area contributed by atoms with Crippen molar-refractivity contribution in [3.63, 3.8) is 0 Å². The second-order valence-electron chi connectivity index (χ2n) is 4.37. The number of thiazole rings is 1. The normalized spacial score (nSPS) is 10.9. The molecule has 3 heterocycles. The van der Waals surface area contributed by atoms with Gasteiger partial charge in [-0.15, -0.1) is 28.1 Å². The van der Waals surface area contributed by atoms with Crippen LogP contribution in [0.25, 0.3) is 10.6 Å². The fraction of sp³-hybridized carbons (Fsp3) is 0.214. The molecule has 0 fully saturated rings. The van der Waals surface area contributed by atoms with Gasteiger partial charge in [-0.25, -0.2) is 4.98 Å². The Balaban J connectivity index is 1.69. The van der Waals surface area contributed by atoms with E-state index in [4.69, 9.17) is 4.42 Å². The molecular weight excluding hydrogens is 304 g/mol. The van der Waals surface area contributed by atoms with E-state index >= 15 is 0 Å². The monoisotopic (exact) mass is 318 g/mol. The van der Waals surface area contributed by atoms with Crippen molar-refractivity contribution in [2.75, 3.05) is 0 Å². The minimum Gasteiger partial charge on any atom is -0.472 e. The first kappa shape index (κ1) is 14.1. The zero-order valence-corrected chi connectivity index (χ0v) is 13.2. The number of aryl methyl sites for hydroxylation is 1. The molecule has 0 amide bonds. The SMILES string of the molecule is C=CCn1c(C)nnc1SCc1csc(-c2ccoc2)n1. The lowest BCUT2D eigenvalue weighted by Crippen LogP contribution is -2.00. The number of hydrogen-bond acceptors (Lipinski definition) is 6. The van der Waals surface area contributed by atoms with Crippen molar-refractivity contribution in [3.05, 3.63) is 48.1 Å². The van der Waals surface area contributed by atoms with Gasteiger partial charge in [-0.2, -0.15) is 0 Å². The lowest BCUT2D eigenvalue weighted by molar-refractivity contribution is 0.568. The molecule has 108 valence electrons. The third kappa shape index (κ3) is 3.08. The Morgan fingerprint density at radius 3 is 3.14 bits per heavy atom. The average molecular weight is 318 g/mol. The van der Waals surface area contributed by atoms with Crippen LogP contribution in [-0.4, -0.2) is 19.7 Å². The van der Waals surface area contributed by atoms with Gasteiger partial charge in [-0.3, -0.25) is 0 Å². The summed E-state index contributed by atoms with van der Waals surface area (Å²) in [5.41, 5.74) is 2.05. The number of allylic oxidation sites excluding steroid dienone is 1. The van der Waals surface area contributed by atoms with E-state index in [9.17, 15) is 0 Å². The van der Waals surface area contributed by atoms with Gasteiger partial charge in [-0.1, -0.05) is 17.8 Å². The van der Waals surface area contributed by atoms with Crippen LogP contribution < -0.4 is 0 Å². The number of aromatic nitrogens is 4. The second-order valence-corrected chi connectivity index (χ2v) is 6.17. The van der Waals surface area contributed by atoms with Crippen LogP contribution in [0.3, 0.4) is 0 Å². The maximum Gasteiger partial charge on any atom is 0.191 e. The molecule has 0 bridgehead atoms. The van der Waals surface area contributed by atoms with Gasteiger partial charge in [0, 0.05) is 23.2 Å². The molecule has 21 heavy (non-hydrogen) atoms. The summed E-state index contributed by atoms with van der Waals surface area (Å²) >= 11 is 3.25. The highest BCUT2D eigenvalue weighted by molar-refractivity contribution is 7.98. The van der Waals surface area contributed by atoms with Crippen molar-refractivity contribution >= 4 is 23.1 Å². The van der Waals surface area contributed by atoms with E-state index in [1.165, 1.54) is 0 Å². The molecule has 0 spiro atoms. The molecule has 5 nitrogen and oxygen atoms in total. The van der Waals surface area contributed by atoms with Gasteiger partial charge >= 0.3 is 0 Å². The zero-order chi connectivity index (χ0) is 14.7. The van der Waals surface area contributed by atoms with E-state index in [1.807, 2.05) is 23.6 Å². The molecular formula is C14H14N4OS2. The summed E-state index contributed by atoms with van der Waals surface area (Å²) in [5.74, 6) is 1.67. The van der Waals surface area contributed by atoms with Crippen molar-refractivity contribution < 1.29 is 4.42 Å². The first-order valence-electron chi connectivity index (χ1n) is 6.38. The standard InChI is InChI=1S/C14H14N4OS2/c1-3-5-18-10(2)16-17-14(18)21-9-12-8-20-13(15-12)11-4-6-19-7-11/h3-4,6-8H,1,5,9H2,2H3. The van der Waals surface area contributed by atoms with Crippen LogP contribution in [0.2, 0.25) is 0 Å². The number of hydrogen-bond donors (Lipinski definition) is 0. The van der Waals surface area contributed by atoms with Crippen LogP contribution in [0.5, 0.6) is 0 Å². The molecule has 0 aliphatic carbocycles. The van der Waals surface area contributed by atoms with Crippen LogP contribution in [0.15, 0.2) is 46.2 Å². The molecule has 0 saturated carbocycles. The molecule has 0 N–H and O–H groups in total. The highest BCUT2D eigenvalue weighted by atomic mass is 32.2. The topological polar surface area (TPSA) is 56.7 Å². The van der Waals surface area contributed by atoms with Gasteiger partial charge in [0.25, 0.3) is 0 Å². The maximum absolute atomic E-state index is 5.08. The van der Waals surface area contributed by atoms with E-state index in [-0.39, 0.29) is 0 Å². The van der Waals surface area contributed by atoms with Gasteiger partial charge in [0.05, 0.1) is 12.0 Å². The second kappa shape index (κ2) is 6.28. The molecule has 0 aliphatic rings. The van der Waals surface area contributed by atoms with E-state index in [0.717, 1.165) is 39.5 Å². The fourth-order valence-electron chi connectivity index (χ4n) is 1.84. The molecule has 3 rings (SSSR count). The summed E-state index contributed by atoms with van der Waals surface area (Å²) in [6.45, 7) is 6.43. The van der Waals surface area contributed by atoms with Crippen LogP contribution in [0.1, 0.15) is 11.5 Å². The van der Waals surface area contributed by atoms with Gasteiger partial charge in [0.15, 0.2) is 5.16 Å². The molecule has 0 aliphatic heterocycles. The Bertz CT molecular complexity index is 730. The lowest BCUT2D eigenvalue weighted by Gasteiger charge is -2.03. The quantitative estimate of drug-likeness (QED) is 0.511. The number of nitrogens with zero attached hydrogens (tertiary/aromatic N) is 4. The molecule has 0 unspecified atom stereocenters. The zero-order valence-electron chi connectivity index (χ0n) is 11.5. The number of rotatable bonds is 6. The molecule has 0 saturated heterocycles. The van der Waals surface area contributed by atoms with Crippen molar-refractivity contribution in [1.82, 2.24) is 19.7 Å². The molecule has 0 atom stereocenters. The van der Waals surface area contributed by atoms with Crippen LogP contribution in [0, 0.1) is 6.92 Å². The Morgan fingerprint density at radius 2 is 2.38 bits per heavy atom. The molecule has 3 aromatic heterocycles. The predicted molar refractivity (Wildman–Crippen MR) is 84.3 cm³/mol. The van der Waals surface area contributed by atoms with Crippen molar-refractivity contribution in [1.29, 1.82) is 0 Å². The van der Waals surface area contributed by atoms with Crippen molar-refractivity contribution in [3.8, 4) is 10.6 Å². The largest absolute Gasteiger partial charge is 0.472 e. The lowest BCUT2D eigenvalue weighted by atomic mass is 10.4. The highest BCUT2D eigenvalue weighted by Crippen LogP contribution is 2.27. The minimum atomic E-state index is 0.721. The molecule has 3 aromatic rings. The van der Waals surface area contributed by atoms with Crippen molar-refractivity contribution in [2.24, 2.45) is 0 Å². The Labute approximate surface area is 130 Å². The van der Waals surface area contributed by atoms with E-state index in [2.05, 4.69) is 27.1 Å². The van der Waals surface area contributed by atoms with E-state index in [1.54, 1.807) is 35.6 Å². The number of furan rings is 1. The third-order valence-electron chi connectivity index (χ3n) is 2.88. The van der Waals surface area contributed by atoms with Gasteiger partial charge in [0.2, 0.25) is 0 Å². The summed E-state index contributed by atoms with van der Waals surface area (Å²) < 4.78 is 7.13. The summed E-state index contributed by atoms with van der Waals surface area (Å²) in [6, 6.07) is 1.92. The molecule has 7 heteroatoms. The minimum absolute atomic E-state index is 0.721. The van der Waals surface area contributed by atoms with E-state index < -0.39 is 0 Å².